The molecule has 0 radical (unpaired) electrons. The van der Waals surface area contributed by atoms with Crippen molar-refractivity contribution in [3.05, 3.63) is 28.2 Å². The van der Waals surface area contributed by atoms with Crippen molar-refractivity contribution in [2.24, 2.45) is 11.7 Å². The number of benzene rings is 1. The number of ether oxygens (including phenoxy) is 1. The minimum Gasteiger partial charge on any atom is -0.496 e. The van der Waals surface area contributed by atoms with Gasteiger partial charge in [-0.3, -0.25) is 0 Å². The van der Waals surface area contributed by atoms with Gasteiger partial charge in [0.2, 0.25) is 0 Å². The molecule has 0 aliphatic carbocycles. The molecule has 0 fully saturated rings. The lowest BCUT2D eigenvalue weighted by molar-refractivity contribution is 0.291. The lowest BCUT2D eigenvalue weighted by atomic mass is 9.79. The van der Waals surface area contributed by atoms with Crippen LogP contribution in [-0.2, 0) is 6.42 Å². The average molecular weight is 300 g/mol. The first-order chi connectivity index (χ1) is 7.92. The molecule has 1 unspecified atom stereocenters. The Morgan fingerprint density at radius 1 is 1.41 bits per heavy atom. The van der Waals surface area contributed by atoms with E-state index in [1.54, 1.807) is 7.11 Å². The molecular weight excluding hydrogens is 278 g/mol. The molecule has 0 heterocycles. The third kappa shape index (κ3) is 3.46. The van der Waals surface area contributed by atoms with Crippen LogP contribution in [0.25, 0.3) is 0 Å². The van der Waals surface area contributed by atoms with Crippen LogP contribution >= 0.6 is 15.9 Å². The summed E-state index contributed by atoms with van der Waals surface area (Å²) in [5, 5.41) is 0. The third-order valence-electron chi connectivity index (χ3n) is 3.57. The lowest BCUT2D eigenvalue weighted by Gasteiger charge is -2.33. The number of hydrogen-bond donors (Lipinski definition) is 1. The summed E-state index contributed by atoms with van der Waals surface area (Å²) in [4.78, 5) is 0. The minimum absolute atomic E-state index is 0.173. The molecule has 1 atom stereocenters. The maximum absolute atomic E-state index is 6.47. The Kier molecular flexibility index (Phi) is 5.02. The Labute approximate surface area is 113 Å². The normalized spacial score (nSPS) is 14.8. The summed E-state index contributed by atoms with van der Waals surface area (Å²) in [6.07, 6.45) is 1.80. The summed E-state index contributed by atoms with van der Waals surface area (Å²) < 4.78 is 6.46. The molecule has 0 aliphatic rings. The van der Waals surface area contributed by atoms with E-state index in [1.165, 1.54) is 5.56 Å². The highest BCUT2D eigenvalue weighted by atomic mass is 79.9. The van der Waals surface area contributed by atoms with Gasteiger partial charge in [0.05, 0.1) is 7.11 Å². The second-order valence-electron chi connectivity index (χ2n) is 4.87. The van der Waals surface area contributed by atoms with Crippen LogP contribution in [0.1, 0.15) is 32.8 Å². The molecule has 0 aromatic heterocycles. The Balaban J connectivity index is 3.04. The van der Waals surface area contributed by atoms with Crippen molar-refractivity contribution in [2.75, 3.05) is 7.11 Å². The highest BCUT2D eigenvalue weighted by Gasteiger charge is 2.28. The van der Waals surface area contributed by atoms with Crippen molar-refractivity contribution >= 4 is 15.9 Å². The molecule has 1 aromatic carbocycles. The van der Waals surface area contributed by atoms with E-state index in [9.17, 15) is 0 Å². The van der Waals surface area contributed by atoms with Crippen LogP contribution in [0, 0.1) is 5.92 Å². The fourth-order valence-corrected chi connectivity index (χ4v) is 2.39. The molecule has 0 saturated heterocycles. The van der Waals surface area contributed by atoms with Gasteiger partial charge < -0.3 is 10.5 Å². The SMILES string of the molecule is CCC(N)(Cc1cc(Br)ccc1OC)C(C)C. The average Bonchev–Trinajstić information content (AvgIpc) is 2.29. The van der Waals surface area contributed by atoms with Gasteiger partial charge in [0.1, 0.15) is 5.75 Å². The van der Waals surface area contributed by atoms with Gasteiger partial charge in [-0.15, -0.1) is 0 Å². The van der Waals surface area contributed by atoms with Crippen molar-refractivity contribution in [1.82, 2.24) is 0 Å². The molecule has 0 amide bonds. The fourth-order valence-electron chi connectivity index (χ4n) is 1.98. The van der Waals surface area contributed by atoms with E-state index in [0.29, 0.717) is 5.92 Å². The first kappa shape index (κ1) is 14.5. The van der Waals surface area contributed by atoms with E-state index >= 15 is 0 Å². The number of rotatable bonds is 5. The first-order valence-electron chi connectivity index (χ1n) is 6.04. The van der Waals surface area contributed by atoms with Gasteiger partial charge in [0, 0.05) is 10.0 Å². The zero-order valence-electron chi connectivity index (χ0n) is 11.1. The quantitative estimate of drug-likeness (QED) is 0.898. The highest BCUT2D eigenvalue weighted by molar-refractivity contribution is 9.10. The van der Waals surface area contributed by atoms with Gasteiger partial charge in [-0.2, -0.15) is 0 Å². The maximum Gasteiger partial charge on any atom is 0.122 e. The molecule has 17 heavy (non-hydrogen) atoms. The predicted octanol–water partition coefficient (Wildman–Crippen LogP) is 3.76. The van der Waals surface area contributed by atoms with Gasteiger partial charge in [-0.25, -0.2) is 0 Å². The zero-order valence-corrected chi connectivity index (χ0v) is 12.7. The Morgan fingerprint density at radius 3 is 2.53 bits per heavy atom. The molecule has 0 bridgehead atoms. The number of nitrogens with two attached hydrogens (primary N) is 1. The molecule has 1 aromatic rings. The van der Waals surface area contributed by atoms with E-state index in [2.05, 4.69) is 42.8 Å². The third-order valence-corrected chi connectivity index (χ3v) is 4.06. The summed E-state index contributed by atoms with van der Waals surface area (Å²) in [5.74, 6) is 1.35. The first-order valence-corrected chi connectivity index (χ1v) is 6.83. The Hall–Kier alpha value is -0.540. The molecule has 0 saturated carbocycles. The van der Waals surface area contributed by atoms with Crippen LogP contribution < -0.4 is 10.5 Å². The van der Waals surface area contributed by atoms with Crippen molar-refractivity contribution < 1.29 is 4.74 Å². The van der Waals surface area contributed by atoms with Gasteiger partial charge >= 0.3 is 0 Å². The van der Waals surface area contributed by atoms with Crippen LogP contribution in [-0.4, -0.2) is 12.6 Å². The van der Waals surface area contributed by atoms with Crippen LogP contribution in [0.3, 0.4) is 0 Å². The van der Waals surface area contributed by atoms with Crippen LogP contribution in [0.15, 0.2) is 22.7 Å². The number of hydrogen-bond acceptors (Lipinski definition) is 2. The summed E-state index contributed by atoms with van der Waals surface area (Å²) >= 11 is 3.50. The molecule has 2 N–H and O–H groups in total. The Morgan fingerprint density at radius 2 is 2.06 bits per heavy atom. The second kappa shape index (κ2) is 5.87. The summed E-state index contributed by atoms with van der Waals surface area (Å²) in [5.41, 5.74) is 7.47. The number of methoxy groups -OCH3 is 1. The highest BCUT2D eigenvalue weighted by Crippen LogP contribution is 2.30. The lowest BCUT2D eigenvalue weighted by Crippen LogP contribution is -2.46. The van der Waals surface area contributed by atoms with Crippen molar-refractivity contribution in [3.8, 4) is 5.75 Å². The maximum atomic E-state index is 6.47. The van der Waals surface area contributed by atoms with Gasteiger partial charge in [-0.05, 0) is 42.5 Å². The molecule has 0 spiro atoms. The molecule has 3 heteroatoms. The molecule has 96 valence electrons. The Bertz CT molecular complexity index is 378. The van der Waals surface area contributed by atoms with E-state index < -0.39 is 0 Å². The summed E-state index contributed by atoms with van der Waals surface area (Å²) in [7, 11) is 1.70. The van der Waals surface area contributed by atoms with E-state index in [1.807, 2.05) is 12.1 Å². The summed E-state index contributed by atoms with van der Waals surface area (Å²) in [6, 6.07) is 6.07. The molecule has 2 nitrogen and oxygen atoms in total. The van der Waals surface area contributed by atoms with E-state index in [-0.39, 0.29) is 5.54 Å². The fraction of sp³-hybridized carbons (Fsp3) is 0.571. The predicted molar refractivity (Wildman–Crippen MR) is 76.4 cm³/mol. The van der Waals surface area contributed by atoms with Crippen LogP contribution in [0.4, 0.5) is 0 Å². The minimum atomic E-state index is -0.173. The smallest absolute Gasteiger partial charge is 0.122 e. The number of halogens is 1. The van der Waals surface area contributed by atoms with E-state index in [0.717, 1.165) is 23.1 Å². The standard InChI is InChI=1S/C14H22BrNO/c1-5-14(16,10(2)3)9-11-8-12(15)6-7-13(11)17-4/h6-8,10H,5,9,16H2,1-4H3. The van der Waals surface area contributed by atoms with Crippen LogP contribution in [0.5, 0.6) is 5.75 Å². The van der Waals surface area contributed by atoms with Gasteiger partial charge in [-0.1, -0.05) is 36.7 Å². The largest absolute Gasteiger partial charge is 0.496 e. The van der Waals surface area contributed by atoms with Crippen molar-refractivity contribution in [1.29, 1.82) is 0 Å². The van der Waals surface area contributed by atoms with Crippen molar-refractivity contribution in [3.63, 3.8) is 0 Å². The zero-order chi connectivity index (χ0) is 13.1. The molecular formula is C14H22BrNO. The monoisotopic (exact) mass is 299 g/mol. The van der Waals surface area contributed by atoms with Crippen LogP contribution in [0.2, 0.25) is 0 Å². The van der Waals surface area contributed by atoms with Gasteiger partial charge in [0.15, 0.2) is 0 Å². The van der Waals surface area contributed by atoms with E-state index in [4.69, 9.17) is 10.5 Å². The summed E-state index contributed by atoms with van der Waals surface area (Å²) in [6.45, 7) is 6.49. The molecule has 1 rings (SSSR count). The van der Waals surface area contributed by atoms with Gasteiger partial charge in [0.25, 0.3) is 0 Å². The van der Waals surface area contributed by atoms with Crippen molar-refractivity contribution in [2.45, 2.75) is 39.2 Å². The second-order valence-corrected chi connectivity index (χ2v) is 5.79. The topological polar surface area (TPSA) is 35.2 Å². The molecule has 0 aliphatic heterocycles.